The summed E-state index contributed by atoms with van der Waals surface area (Å²) in [6.45, 7) is 1.36. The van der Waals surface area contributed by atoms with Crippen LogP contribution in [0.5, 0.6) is 0 Å². The highest BCUT2D eigenvalue weighted by molar-refractivity contribution is 7.91. The first kappa shape index (κ1) is 23.9. The standard InChI is InChI=1S/C27H24Cl2N2O3S/c28-21-10-12-22(13-11-21)35(32,33)26-27(34-25(30-26)23-8-4-5-9-24(23)29)31-16-14-20(15-17-31)18-19-6-2-1-3-7-19/h1-13,20H,14-18H2. The van der Waals surface area contributed by atoms with Crippen molar-refractivity contribution in [2.45, 2.75) is 29.2 Å². The molecular formula is C27H24Cl2N2O3S. The Labute approximate surface area is 215 Å². The molecule has 1 saturated heterocycles. The molecule has 0 bridgehead atoms. The lowest BCUT2D eigenvalue weighted by Gasteiger charge is -2.32. The van der Waals surface area contributed by atoms with Gasteiger partial charge in [0, 0.05) is 18.1 Å². The van der Waals surface area contributed by atoms with Crippen molar-refractivity contribution in [3.8, 4) is 11.5 Å². The number of hydrogen-bond donors (Lipinski definition) is 0. The highest BCUT2D eigenvalue weighted by Gasteiger charge is 2.33. The van der Waals surface area contributed by atoms with E-state index in [0.717, 1.165) is 19.3 Å². The van der Waals surface area contributed by atoms with Crippen LogP contribution in [0.2, 0.25) is 10.0 Å². The first-order chi connectivity index (χ1) is 16.9. The Bertz CT molecular complexity index is 1410. The van der Waals surface area contributed by atoms with Gasteiger partial charge < -0.3 is 9.32 Å². The van der Waals surface area contributed by atoms with Crippen LogP contribution in [0.1, 0.15) is 18.4 Å². The molecule has 0 N–H and O–H groups in total. The van der Waals surface area contributed by atoms with E-state index in [2.05, 4.69) is 29.2 Å². The fourth-order valence-electron chi connectivity index (χ4n) is 4.44. The zero-order chi connectivity index (χ0) is 24.4. The molecular weight excluding hydrogens is 503 g/mol. The van der Waals surface area contributed by atoms with Gasteiger partial charge >= 0.3 is 0 Å². The quantitative estimate of drug-likeness (QED) is 0.272. The van der Waals surface area contributed by atoms with Crippen LogP contribution in [0.25, 0.3) is 11.5 Å². The maximum Gasteiger partial charge on any atom is 0.236 e. The van der Waals surface area contributed by atoms with E-state index in [1.165, 1.54) is 17.7 Å². The van der Waals surface area contributed by atoms with Gasteiger partial charge in [-0.1, -0.05) is 65.7 Å². The second-order valence-corrected chi connectivity index (χ2v) is 11.4. The van der Waals surface area contributed by atoms with Gasteiger partial charge in [0.15, 0.2) is 0 Å². The van der Waals surface area contributed by atoms with Gasteiger partial charge in [-0.15, -0.1) is 0 Å². The third kappa shape index (κ3) is 5.10. The first-order valence-corrected chi connectivity index (χ1v) is 13.7. The summed E-state index contributed by atoms with van der Waals surface area (Å²) >= 11 is 12.4. The molecule has 2 heterocycles. The molecule has 1 aliphatic rings. The molecule has 1 fully saturated rings. The normalized spacial score (nSPS) is 14.9. The molecule has 0 radical (unpaired) electrons. The third-order valence-electron chi connectivity index (χ3n) is 6.33. The zero-order valence-corrected chi connectivity index (χ0v) is 21.2. The summed E-state index contributed by atoms with van der Waals surface area (Å²) in [6, 6.07) is 23.6. The average molecular weight is 527 g/mol. The second kappa shape index (κ2) is 10.1. The lowest BCUT2D eigenvalue weighted by atomic mass is 9.90. The lowest BCUT2D eigenvalue weighted by molar-refractivity contribution is 0.387. The van der Waals surface area contributed by atoms with Crippen LogP contribution >= 0.6 is 23.2 Å². The second-order valence-electron chi connectivity index (χ2n) is 8.69. The lowest BCUT2D eigenvalue weighted by Crippen LogP contribution is -2.34. The summed E-state index contributed by atoms with van der Waals surface area (Å²) < 4.78 is 33.4. The Morgan fingerprint density at radius 2 is 1.54 bits per heavy atom. The van der Waals surface area contributed by atoms with Crippen molar-refractivity contribution in [2.75, 3.05) is 18.0 Å². The Balaban J connectivity index is 1.48. The predicted octanol–water partition coefficient (Wildman–Crippen LogP) is 6.94. The van der Waals surface area contributed by atoms with Crippen LogP contribution in [-0.2, 0) is 16.3 Å². The maximum absolute atomic E-state index is 13.6. The fourth-order valence-corrected chi connectivity index (χ4v) is 6.10. The summed E-state index contributed by atoms with van der Waals surface area (Å²) in [4.78, 5) is 6.56. The SMILES string of the molecule is O=S(=O)(c1ccc(Cl)cc1)c1nc(-c2ccccc2Cl)oc1N1CCC(Cc2ccccc2)CC1. The fraction of sp³-hybridized carbons (Fsp3) is 0.222. The summed E-state index contributed by atoms with van der Waals surface area (Å²) in [5.41, 5.74) is 1.87. The van der Waals surface area contributed by atoms with Gasteiger partial charge in [0.2, 0.25) is 26.6 Å². The molecule has 180 valence electrons. The van der Waals surface area contributed by atoms with E-state index < -0.39 is 9.84 Å². The van der Waals surface area contributed by atoms with Crippen molar-refractivity contribution < 1.29 is 12.8 Å². The molecule has 8 heteroatoms. The van der Waals surface area contributed by atoms with Gasteiger partial charge in [0.25, 0.3) is 0 Å². The van der Waals surface area contributed by atoms with Crippen LogP contribution in [-0.4, -0.2) is 26.5 Å². The van der Waals surface area contributed by atoms with Gasteiger partial charge in [0.1, 0.15) is 0 Å². The number of anilines is 1. The number of halogens is 2. The van der Waals surface area contributed by atoms with Crippen LogP contribution < -0.4 is 4.90 Å². The van der Waals surface area contributed by atoms with Crippen molar-refractivity contribution >= 4 is 38.9 Å². The van der Waals surface area contributed by atoms with E-state index >= 15 is 0 Å². The van der Waals surface area contributed by atoms with Gasteiger partial charge in [-0.2, -0.15) is 4.98 Å². The van der Waals surface area contributed by atoms with Crippen molar-refractivity contribution in [1.29, 1.82) is 0 Å². The Morgan fingerprint density at radius 3 is 2.23 bits per heavy atom. The summed E-state index contributed by atoms with van der Waals surface area (Å²) in [6.07, 6.45) is 2.86. The van der Waals surface area contributed by atoms with Gasteiger partial charge in [-0.3, -0.25) is 0 Å². The summed E-state index contributed by atoms with van der Waals surface area (Å²) in [7, 11) is -3.95. The van der Waals surface area contributed by atoms with E-state index in [9.17, 15) is 8.42 Å². The number of piperidine rings is 1. The largest absolute Gasteiger partial charge is 0.419 e. The molecule has 0 spiro atoms. The molecule has 0 unspecified atom stereocenters. The molecule has 1 aromatic heterocycles. The summed E-state index contributed by atoms with van der Waals surface area (Å²) in [5, 5.41) is 0.801. The number of benzene rings is 3. The minimum atomic E-state index is -3.95. The number of rotatable bonds is 6. The number of oxazole rings is 1. The molecule has 0 amide bonds. The van der Waals surface area contributed by atoms with Crippen molar-refractivity contribution in [3.05, 3.63) is 94.5 Å². The Morgan fingerprint density at radius 1 is 0.886 bits per heavy atom. The van der Waals surface area contributed by atoms with Gasteiger partial charge in [0.05, 0.1) is 15.5 Å². The van der Waals surface area contributed by atoms with Gasteiger partial charge in [-0.05, 0) is 67.1 Å². The Kier molecular flexibility index (Phi) is 6.87. The molecule has 0 atom stereocenters. The minimum absolute atomic E-state index is 0.101. The van der Waals surface area contributed by atoms with E-state index in [0.29, 0.717) is 34.6 Å². The predicted molar refractivity (Wildman–Crippen MR) is 139 cm³/mol. The number of hydrogen-bond acceptors (Lipinski definition) is 5. The van der Waals surface area contributed by atoms with Crippen LogP contribution in [0.15, 0.2) is 93.2 Å². The van der Waals surface area contributed by atoms with Crippen LogP contribution in [0.3, 0.4) is 0 Å². The molecule has 4 aromatic rings. The van der Waals surface area contributed by atoms with Crippen LogP contribution in [0.4, 0.5) is 5.88 Å². The zero-order valence-electron chi connectivity index (χ0n) is 18.9. The van der Waals surface area contributed by atoms with Crippen molar-refractivity contribution in [3.63, 3.8) is 0 Å². The highest BCUT2D eigenvalue weighted by atomic mass is 35.5. The number of nitrogens with zero attached hydrogens (tertiary/aromatic N) is 2. The summed E-state index contributed by atoms with van der Waals surface area (Å²) in [5.74, 6) is 0.966. The van der Waals surface area contributed by atoms with E-state index in [4.69, 9.17) is 27.6 Å². The minimum Gasteiger partial charge on any atom is -0.419 e. The van der Waals surface area contributed by atoms with Crippen molar-refractivity contribution in [1.82, 2.24) is 4.98 Å². The van der Waals surface area contributed by atoms with Crippen molar-refractivity contribution in [2.24, 2.45) is 5.92 Å². The Hall–Kier alpha value is -2.80. The molecule has 0 aliphatic carbocycles. The molecule has 5 nitrogen and oxygen atoms in total. The first-order valence-electron chi connectivity index (χ1n) is 11.5. The van der Waals surface area contributed by atoms with E-state index in [1.807, 2.05) is 17.0 Å². The molecule has 5 rings (SSSR count). The average Bonchev–Trinajstić information content (AvgIpc) is 3.32. The number of sulfone groups is 1. The molecule has 35 heavy (non-hydrogen) atoms. The van der Waals surface area contributed by atoms with Crippen LogP contribution in [0, 0.1) is 5.92 Å². The maximum atomic E-state index is 13.6. The molecule has 1 aliphatic heterocycles. The molecule has 3 aromatic carbocycles. The van der Waals surface area contributed by atoms with E-state index in [-0.39, 0.29) is 21.7 Å². The smallest absolute Gasteiger partial charge is 0.236 e. The molecule has 0 saturated carbocycles. The topological polar surface area (TPSA) is 63.4 Å². The highest BCUT2D eigenvalue weighted by Crippen LogP contribution is 2.38. The third-order valence-corrected chi connectivity index (χ3v) is 8.58. The monoisotopic (exact) mass is 526 g/mol. The number of aromatic nitrogens is 1. The van der Waals surface area contributed by atoms with Gasteiger partial charge in [-0.25, -0.2) is 8.42 Å². The van der Waals surface area contributed by atoms with E-state index in [1.54, 1.807) is 30.3 Å².